The smallest absolute Gasteiger partial charge is 0.269 e. The molecule has 4 aromatic rings. The van der Waals surface area contributed by atoms with Crippen molar-refractivity contribution in [1.82, 2.24) is 19.8 Å². The predicted octanol–water partition coefficient (Wildman–Crippen LogP) is 3.09. The van der Waals surface area contributed by atoms with E-state index in [1.807, 2.05) is 6.07 Å². The molecule has 0 atom stereocenters. The van der Waals surface area contributed by atoms with Crippen molar-refractivity contribution < 1.29 is 4.92 Å². The summed E-state index contributed by atoms with van der Waals surface area (Å²) < 4.78 is 1.55. The Morgan fingerprint density at radius 1 is 1.17 bits per heavy atom. The van der Waals surface area contributed by atoms with Gasteiger partial charge in [-0.25, -0.2) is 4.98 Å². The van der Waals surface area contributed by atoms with Crippen LogP contribution in [0.25, 0.3) is 27.8 Å². The van der Waals surface area contributed by atoms with Crippen molar-refractivity contribution in [3.63, 3.8) is 0 Å². The number of benzene rings is 2. The van der Waals surface area contributed by atoms with Crippen LogP contribution in [0.3, 0.4) is 0 Å². The van der Waals surface area contributed by atoms with E-state index in [0.29, 0.717) is 32.8 Å². The van der Waals surface area contributed by atoms with Gasteiger partial charge in [-0.15, -0.1) is 5.10 Å². The molecule has 0 aliphatic rings. The number of nitrogens with two attached hydrogens (primary N) is 1. The fourth-order valence-electron chi connectivity index (χ4n) is 2.58. The van der Waals surface area contributed by atoms with Crippen LogP contribution in [0.4, 0.5) is 11.5 Å². The third-order valence-electron chi connectivity index (χ3n) is 3.70. The van der Waals surface area contributed by atoms with E-state index < -0.39 is 4.92 Å². The number of aromatic nitrogens is 4. The molecular formula is C15H9ClN6O2. The number of nitro benzene ring substituents is 1. The lowest BCUT2D eigenvalue weighted by molar-refractivity contribution is -0.384. The molecule has 0 aliphatic heterocycles. The Hall–Kier alpha value is -3.26. The number of nitrogens with zero attached hydrogens (tertiary/aromatic N) is 5. The lowest BCUT2D eigenvalue weighted by Gasteiger charge is -2.05. The molecule has 0 saturated heterocycles. The molecular weight excluding hydrogens is 332 g/mol. The number of anilines is 1. The number of nitro groups is 1. The first kappa shape index (κ1) is 14.3. The number of hydrogen-bond donors (Lipinski definition) is 1. The van der Waals surface area contributed by atoms with Gasteiger partial charge in [0.05, 0.1) is 20.8 Å². The second-order valence-electron chi connectivity index (χ2n) is 5.11. The van der Waals surface area contributed by atoms with E-state index in [1.54, 1.807) is 28.8 Å². The second kappa shape index (κ2) is 5.14. The number of hydrogen-bond acceptors (Lipinski definition) is 6. The Kier molecular flexibility index (Phi) is 3.07. The highest BCUT2D eigenvalue weighted by Gasteiger charge is 2.16. The second-order valence-corrected chi connectivity index (χ2v) is 5.52. The third-order valence-corrected chi connectivity index (χ3v) is 4.02. The summed E-state index contributed by atoms with van der Waals surface area (Å²) in [6, 6.07) is 11.3. The van der Waals surface area contributed by atoms with Gasteiger partial charge < -0.3 is 5.73 Å². The highest BCUT2D eigenvalue weighted by Crippen LogP contribution is 2.31. The zero-order valence-corrected chi connectivity index (χ0v) is 12.8. The first-order valence-electron chi connectivity index (χ1n) is 6.90. The zero-order valence-electron chi connectivity index (χ0n) is 12.0. The van der Waals surface area contributed by atoms with E-state index in [2.05, 4.69) is 15.3 Å². The lowest BCUT2D eigenvalue weighted by Crippen LogP contribution is -2.00. The van der Waals surface area contributed by atoms with Crippen molar-refractivity contribution in [1.29, 1.82) is 0 Å². The van der Waals surface area contributed by atoms with E-state index in [0.717, 1.165) is 0 Å². The number of rotatable bonds is 2. The molecule has 0 bridgehead atoms. The van der Waals surface area contributed by atoms with Gasteiger partial charge in [0.2, 0.25) is 0 Å². The molecule has 0 spiro atoms. The van der Waals surface area contributed by atoms with Gasteiger partial charge in [0.15, 0.2) is 5.65 Å². The summed E-state index contributed by atoms with van der Waals surface area (Å²) in [6.45, 7) is 0. The quantitative estimate of drug-likeness (QED) is 0.443. The SMILES string of the molecule is Nc1nc2c(-c3ccc([N+](=O)[O-])cc3)nnn2c2cccc(Cl)c12. The maximum Gasteiger partial charge on any atom is 0.269 e. The zero-order chi connectivity index (χ0) is 16.8. The maximum atomic E-state index is 10.8. The summed E-state index contributed by atoms with van der Waals surface area (Å²) >= 11 is 6.19. The number of non-ortho nitro benzene ring substituents is 1. The summed E-state index contributed by atoms with van der Waals surface area (Å²) in [5, 5.41) is 20.1. The number of halogens is 1. The summed E-state index contributed by atoms with van der Waals surface area (Å²) in [4.78, 5) is 14.7. The Morgan fingerprint density at radius 2 is 1.92 bits per heavy atom. The number of fused-ring (bicyclic) bond motifs is 3. The minimum absolute atomic E-state index is 0.0000661. The van der Waals surface area contributed by atoms with E-state index in [1.165, 1.54) is 12.1 Å². The largest absolute Gasteiger partial charge is 0.383 e. The molecule has 9 heteroatoms. The van der Waals surface area contributed by atoms with Crippen LogP contribution >= 0.6 is 11.6 Å². The van der Waals surface area contributed by atoms with Crippen molar-refractivity contribution in [2.75, 3.05) is 5.73 Å². The summed E-state index contributed by atoms with van der Waals surface area (Å²) in [7, 11) is 0. The van der Waals surface area contributed by atoms with Crippen LogP contribution in [-0.2, 0) is 0 Å². The van der Waals surface area contributed by atoms with E-state index in [9.17, 15) is 10.1 Å². The van der Waals surface area contributed by atoms with E-state index in [4.69, 9.17) is 17.3 Å². The van der Waals surface area contributed by atoms with Crippen LogP contribution in [0.5, 0.6) is 0 Å². The Labute approximate surface area is 139 Å². The minimum Gasteiger partial charge on any atom is -0.383 e. The van der Waals surface area contributed by atoms with Crippen LogP contribution in [0.15, 0.2) is 42.5 Å². The fourth-order valence-corrected chi connectivity index (χ4v) is 2.85. The molecule has 0 amide bonds. The predicted molar refractivity (Wildman–Crippen MR) is 89.8 cm³/mol. The van der Waals surface area contributed by atoms with Gasteiger partial charge in [0.25, 0.3) is 5.69 Å². The molecule has 0 unspecified atom stereocenters. The first-order valence-corrected chi connectivity index (χ1v) is 7.28. The van der Waals surface area contributed by atoms with Gasteiger partial charge in [-0.2, -0.15) is 4.52 Å². The molecule has 24 heavy (non-hydrogen) atoms. The maximum absolute atomic E-state index is 10.8. The average molecular weight is 341 g/mol. The van der Waals surface area contributed by atoms with Crippen molar-refractivity contribution >= 4 is 39.7 Å². The highest BCUT2D eigenvalue weighted by molar-refractivity contribution is 6.36. The van der Waals surface area contributed by atoms with Crippen LogP contribution < -0.4 is 5.73 Å². The van der Waals surface area contributed by atoms with E-state index in [-0.39, 0.29) is 11.5 Å². The topological polar surface area (TPSA) is 112 Å². The Morgan fingerprint density at radius 3 is 2.62 bits per heavy atom. The molecule has 118 valence electrons. The molecule has 2 aromatic carbocycles. The first-order chi connectivity index (χ1) is 11.6. The molecule has 0 fully saturated rings. The molecule has 0 radical (unpaired) electrons. The standard InChI is InChI=1S/C15H9ClN6O2/c16-10-2-1-3-11-12(10)14(17)18-15-13(19-20-21(11)15)8-4-6-9(7-5-8)22(23)24/h1-7H,(H2,17,18). The van der Waals surface area contributed by atoms with Crippen LogP contribution in [-0.4, -0.2) is 24.7 Å². The molecule has 0 saturated carbocycles. The normalized spacial score (nSPS) is 11.2. The van der Waals surface area contributed by atoms with Crippen molar-refractivity contribution in [3.05, 3.63) is 57.6 Å². The van der Waals surface area contributed by atoms with Crippen LogP contribution in [0, 0.1) is 10.1 Å². The fraction of sp³-hybridized carbons (Fsp3) is 0. The van der Waals surface area contributed by atoms with Gasteiger partial charge in [0, 0.05) is 17.7 Å². The lowest BCUT2D eigenvalue weighted by atomic mass is 10.1. The molecule has 2 aromatic heterocycles. The molecule has 2 heterocycles. The Balaban J connectivity index is 1.98. The molecule has 0 aliphatic carbocycles. The molecule has 2 N–H and O–H groups in total. The van der Waals surface area contributed by atoms with Gasteiger partial charge in [-0.05, 0) is 24.3 Å². The van der Waals surface area contributed by atoms with Gasteiger partial charge >= 0.3 is 0 Å². The molecule has 8 nitrogen and oxygen atoms in total. The van der Waals surface area contributed by atoms with Crippen LogP contribution in [0.1, 0.15) is 0 Å². The summed E-state index contributed by atoms with van der Waals surface area (Å²) in [5.41, 5.74) is 8.32. The highest BCUT2D eigenvalue weighted by atomic mass is 35.5. The third kappa shape index (κ3) is 2.04. The average Bonchev–Trinajstić information content (AvgIpc) is 2.99. The molecule has 4 rings (SSSR count). The summed E-state index contributed by atoms with van der Waals surface area (Å²) in [5.74, 6) is 0.272. The van der Waals surface area contributed by atoms with Crippen molar-refractivity contribution in [2.45, 2.75) is 0 Å². The Bertz CT molecular complexity index is 1110. The minimum atomic E-state index is -0.459. The number of nitrogen functional groups attached to an aromatic ring is 1. The monoisotopic (exact) mass is 340 g/mol. The van der Waals surface area contributed by atoms with Gasteiger partial charge in [0.1, 0.15) is 11.5 Å². The van der Waals surface area contributed by atoms with Crippen LogP contribution in [0.2, 0.25) is 5.02 Å². The van der Waals surface area contributed by atoms with Gasteiger partial charge in [-0.1, -0.05) is 22.9 Å². The van der Waals surface area contributed by atoms with Crippen molar-refractivity contribution in [2.24, 2.45) is 0 Å². The van der Waals surface area contributed by atoms with E-state index >= 15 is 0 Å². The van der Waals surface area contributed by atoms with Crippen molar-refractivity contribution in [3.8, 4) is 11.3 Å². The summed E-state index contributed by atoms with van der Waals surface area (Å²) in [6.07, 6.45) is 0. The van der Waals surface area contributed by atoms with Gasteiger partial charge in [-0.3, -0.25) is 10.1 Å².